The number of carbonyl (C=O) groups excluding carboxylic acids is 1. The van der Waals surface area contributed by atoms with Crippen LogP contribution in [0.3, 0.4) is 0 Å². The fourth-order valence-electron chi connectivity index (χ4n) is 3.78. The summed E-state index contributed by atoms with van der Waals surface area (Å²) < 4.78 is 6.40. The Morgan fingerprint density at radius 2 is 1.86 bits per heavy atom. The molecule has 1 N–H and O–H groups in total. The predicted octanol–water partition coefficient (Wildman–Crippen LogP) is 4.02. The SMILES string of the molecule is CC1=C(C(=O)N2CCOCC2)C(c2cccc(Br)c2)NC(=S)N1c1ccccc1. The number of para-hydroxylation sites is 1. The van der Waals surface area contributed by atoms with Crippen LogP contribution in [0.4, 0.5) is 5.69 Å². The standard InChI is InChI=1S/C22H22BrN3O2S/c1-15-19(21(27)25-10-12-28-13-11-25)20(16-6-5-7-17(23)14-16)24-22(29)26(15)18-8-3-2-4-9-18/h2-9,14,20H,10-13H2,1H3,(H,24,29). The molecule has 1 fully saturated rings. The fourth-order valence-corrected chi connectivity index (χ4v) is 4.56. The van der Waals surface area contributed by atoms with Crippen molar-refractivity contribution >= 4 is 44.9 Å². The first-order valence-corrected chi connectivity index (χ1v) is 10.8. The minimum Gasteiger partial charge on any atom is -0.378 e. The molecule has 0 aromatic heterocycles. The topological polar surface area (TPSA) is 44.8 Å². The number of nitrogens with zero attached hydrogens (tertiary/aromatic N) is 2. The molecular formula is C22H22BrN3O2S. The summed E-state index contributed by atoms with van der Waals surface area (Å²) in [6, 6.07) is 17.6. The molecule has 5 nitrogen and oxygen atoms in total. The summed E-state index contributed by atoms with van der Waals surface area (Å²) in [5.41, 5.74) is 3.48. The first-order chi connectivity index (χ1) is 14.1. The Hall–Kier alpha value is -2.22. The van der Waals surface area contributed by atoms with E-state index < -0.39 is 0 Å². The van der Waals surface area contributed by atoms with E-state index in [1.807, 2.05) is 71.3 Å². The van der Waals surface area contributed by atoms with E-state index in [2.05, 4.69) is 21.2 Å². The zero-order chi connectivity index (χ0) is 20.4. The molecule has 2 aromatic carbocycles. The van der Waals surface area contributed by atoms with Gasteiger partial charge in [-0.25, -0.2) is 0 Å². The summed E-state index contributed by atoms with van der Waals surface area (Å²) in [6.07, 6.45) is 0. The number of allylic oxidation sites excluding steroid dienone is 1. The highest BCUT2D eigenvalue weighted by Crippen LogP contribution is 2.35. The van der Waals surface area contributed by atoms with Gasteiger partial charge in [-0.1, -0.05) is 46.3 Å². The Kier molecular flexibility index (Phi) is 5.99. The third kappa shape index (κ3) is 4.08. The van der Waals surface area contributed by atoms with Gasteiger partial charge in [-0.3, -0.25) is 9.69 Å². The number of hydrogen-bond acceptors (Lipinski definition) is 3. The van der Waals surface area contributed by atoms with Crippen LogP contribution in [0.2, 0.25) is 0 Å². The fraction of sp³-hybridized carbons (Fsp3) is 0.273. The number of morpholine rings is 1. The second-order valence-electron chi connectivity index (χ2n) is 7.01. The summed E-state index contributed by atoms with van der Waals surface area (Å²) in [7, 11) is 0. The van der Waals surface area contributed by atoms with Gasteiger partial charge >= 0.3 is 0 Å². The van der Waals surface area contributed by atoms with Crippen molar-refractivity contribution in [3.05, 3.63) is 75.9 Å². The molecule has 0 bridgehead atoms. The minimum absolute atomic E-state index is 0.0201. The van der Waals surface area contributed by atoms with E-state index in [0.717, 1.165) is 21.4 Å². The number of nitrogens with one attached hydrogen (secondary N) is 1. The van der Waals surface area contributed by atoms with E-state index in [4.69, 9.17) is 17.0 Å². The first-order valence-electron chi connectivity index (χ1n) is 9.55. The molecule has 2 aromatic rings. The molecule has 1 amide bonds. The van der Waals surface area contributed by atoms with Crippen molar-refractivity contribution in [3.8, 4) is 0 Å². The second-order valence-corrected chi connectivity index (χ2v) is 8.31. The summed E-state index contributed by atoms with van der Waals surface area (Å²) in [5, 5.41) is 3.99. The Morgan fingerprint density at radius 3 is 2.55 bits per heavy atom. The van der Waals surface area contributed by atoms with Crippen molar-refractivity contribution in [2.45, 2.75) is 13.0 Å². The Balaban J connectivity index is 1.82. The van der Waals surface area contributed by atoms with Crippen molar-refractivity contribution in [3.63, 3.8) is 0 Å². The van der Waals surface area contributed by atoms with Crippen LogP contribution in [0, 0.1) is 0 Å². The van der Waals surface area contributed by atoms with Gasteiger partial charge < -0.3 is 15.0 Å². The van der Waals surface area contributed by atoms with Crippen LogP contribution in [0.15, 0.2) is 70.3 Å². The van der Waals surface area contributed by atoms with Gasteiger partial charge in [-0.2, -0.15) is 0 Å². The monoisotopic (exact) mass is 471 g/mol. The Bertz CT molecular complexity index is 958. The molecular weight excluding hydrogens is 450 g/mol. The normalized spacial score (nSPS) is 19.9. The van der Waals surface area contributed by atoms with Gasteiger partial charge in [0.05, 0.1) is 24.8 Å². The summed E-state index contributed by atoms with van der Waals surface area (Å²) in [6.45, 7) is 4.29. The smallest absolute Gasteiger partial charge is 0.254 e. The molecule has 2 aliphatic rings. The van der Waals surface area contributed by atoms with Crippen LogP contribution >= 0.6 is 28.1 Å². The van der Waals surface area contributed by atoms with Crippen LogP contribution in [0.1, 0.15) is 18.5 Å². The number of hydrogen-bond donors (Lipinski definition) is 1. The van der Waals surface area contributed by atoms with Gasteiger partial charge in [0.2, 0.25) is 0 Å². The largest absolute Gasteiger partial charge is 0.378 e. The molecule has 0 radical (unpaired) electrons. The van der Waals surface area contributed by atoms with E-state index in [-0.39, 0.29) is 11.9 Å². The van der Waals surface area contributed by atoms with Gasteiger partial charge in [0.25, 0.3) is 5.91 Å². The molecule has 2 heterocycles. The van der Waals surface area contributed by atoms with Crippen LogP contribution in [-0.4, -0.2) is 42.2 Å². The zero-order valence-corrected chi connectivity index (χ0v) is 18.5. The van der Waals surface area contributed by atoms with Crippen LogP contribution in [0.5, 0.6) is 0 Å². The maximum atomic E-state index is 13.6. The zero-order valence-electron chi connectivity index (χ0n) is 16.1. The second kappa shape index (κ2) is 8.65. The molecule has 150 valence electrons. The Morgan fingerprint density at radius 1 is 1.14 bits per heavy atom. The predicted molar refractivity (Wildman–Crippen MR) is 122 cm³/mol. The lowest BCUT2D eigenvalue weighted by Crippen LogP contribution is -2.51. The first kappa shape index (κ1) is 20.1. The lowest BCUT2D eigenvalue weighted by atomic mass is 9.93. The molecule has 2 aliphatic heterocycles. The summed E-state index contributed by atoms with van der Waals surface area (Å²) >= 11 is 9.26. The number of ether oxygens (including phenoxy) is 1. The number of anilines is 1. The molecule has 0 aliphatic carbocycles. The molecule has 0 spiro atoms. The van der Waals surface area contributed by atoms with Gasteiger partial charge in [0.1, 0.15) is 0 Å². The van der Waals surface area contributed by atoms with Crippen molar-refractivity contribution in [1.82, 2.24) is 10.2 Å². The van der Waals surface area contributed by atoms with E-state index in [0.29, 0.717) is 37.0 Å². The number of halogens is 1. The highest BCUT2D eigenvalue weighted by atomic mass is 79.9. The molecule has 29 heavy (non-hydrogen) atoms. The highest BCUT2D eigenvalue weighted by Gasteiger charge is 2.36. The van der Waals surface area contributed by atoms with E-state index in [1.165, 1.54) is 0 Å². The number of carbonyl (C=O) groups is 1. The Labute approximate surface area is 184 Å². The van der Waals surface area contributed by atoms with Crippen LogP contribution in [0.25, 0.3) is 0 Å². The summed E-state index contributed by atoms with van der Waals surface area (Å²) in [5.74, 6) is 0.0201. The number of thiocarbonyl (C=S) groups is 1. The molecule has 4 rings (SSSR count). The van der Waals surface area contributed by atoms with Gasteiger partial charge in [0, 0.05) is 28.9 Å². The molecule has 1 unspecified atom stereocenters. The highest BCUT2D eigenvalue weighted by molar-refractivity contribution is 9.10. The average molecular weight is 472 g/mol. The van der Waals surface area contributed by atoms with Crippen molar-refractivity contribution in [1.29, 1.82) is 0 Å². The number of benzene rings is 2. The lowest BCUT2D eigenvalue weighted by Gasteiger charge is -2.40. The quantitative estimate of drug-likeness (QED) is 0.684. The van der Waals surface area contributed by atoms with Crippen molar-refractivity contribution < 1.29 is 9.53 Å². The van der Waals surface area contributed by atoms with Crippen molar-refractivity contribution in [2.24, 2.45) is 0 Å². The van der Waals surface area contributed by atoms with Crippen LogP contribution < -0.4 is 10.2 Å². The molecule has 1 saturated heterocycles. The van der Waals surface area contributed by atoms with Crippen molar-refractivity contribution in [2.75, 3.05) is 31.2 Å². The third-order valence-electron chi connectivity index (χ3n) is 5.21. The maximum Gasteiger partial charge on any atom is 0.254 e. The molecule has 7 heteroatoms. The third-order valence-corrected chi connectivity index (χ3v) is 6.00. The molecule has 0 saturated carbocycles. The number of rotatable bonds is 3. The van der Waals surface area contributed by atoms with Crippen LogP contribution in [-0.2, 0) is 9.53 Å². The minimum atomic E-state index is -0.310. The van der Waals surface area contributed by atoms with E-state index >= 15 is 0 Å². The average Bonchev–Trinajstić information content (AvgIpc) is 2.74. The van der Waals surface area contributed by atoms with Gasteiger partial charge in [-0.05, 0) is 49.0 Å². The van der Waals surface area contributed by atoms with E-state index in [9.17, 15) is 4.79 Å². The van der Waals surface area contributed by atoms with Gasteiger partial charge in [-0.15, -0.1) is 0 Å². The lowest BCUT2D eigenvalue weighted by molar-refractivity contribution is -0.131. The van der Waals surface area contributed by atoms with E-state index in [1.54, 1.807) is 0 Å². The van der Waals surface area contributed by atoms with Gasteiger partial charge in [0.15, 0.2) is 5.11 Å². The maximum absolute atomic E-state index is 13.6. The number of amides is 1. The molecule has 1 atom stereocenters. The summed E-state index contributed by atoms with van der Waals surface area (Å²) in [4.78, 5) is 17.4.